The quantitative estimate of drug-likeness (QED) is 0.889. The number of hydrogen-bond donors (Lipinski definition) is 2. The number of benzene rings is 1. The molecule has 0 spiro atoms. The fraction of sp³-hybridized carbons (Fsp3) is 0.529. The second kappa shape index (κ2) is 6.58. The standard InChI is InChI=1S/C17H24N4O2/c1-2-20-14-5-3-4-6-15(14)21(17(20)23)11-16(22)19-13-9-7-12(18)8-10-13/h3-6,12-13H,2,7-11,18H2,1H3,(H,19,22). The molecule has 1 fully saturated rings. The summed E-state index contributed by atoms with van der Waals surface area (Å²) in [6.45, 7) is 2.59. The van der Waals surface area contributed by atoms with E-state index in [0.29, 0.717) is 6.54 Å². The van der Waals surface area contributed by atoms with Crippen LogP contribution in [0.5, 0.6) is 0 Å². The van der Waals surface area contributed by atoms with Crippen molar-refractivity contribution in [2.45, 2.75) is 57.8 Å². The van der Waals surface area contributed by atoms with E-state index in [1.54, 1.807) is 9.13 Å². The SMILES string of the molecule is CCn1c(=O)n(CC(=O)NC2CCC(N)CC2)c2ccccc21. The minimum absolute atomic E-state index is 0.0644. The molecule has 1 aliphatic rings. The number of fused-ring (bicyclic) bond motifs is 1. The van der Waals surface area contributed by atoms with Gasteiger partial charge in [0.1, 0.15) is 6.54 Å². The van der Waals surface area contributed by atoms with E-state index >= 15 is 0 Å². The van der Waals surface area contributed by atoms with Crippen molar-refractivity contribution in [2.24, 2.45) is 5.73 Å². The van der Waals surface area contributed by atoms with Crippen LogP contribution in [-0.4, -0.2) is 27.1 Å². The first-order chi connectivity index (χ1) is 11.1. The first kappa shape index (κ1) is 15.8. The Bertz CT molecular complexity index is 754. The maximum atomic E-state index is 12.5. The topological polar surface area (TPSA) is 82.0 Å². The highest BCUT2D eigenvalue weighted by molar-refractivity contribution is 5.81. The summed E-state index contributed by atoms with van der Waals surface area (Å²) < 4.78 is 3.25. The maximum Gasteiger partial charge on any atom is 0.329 e. The average molecular weight is 316 g/mol. The third-order valence-electron chi connectivity index (χ3n) is 4.68. The van der Waals surface area contributed by atoms with Gasteiger partial charge in [-0.2, -0.15) is 0 Å². The molecular weight excluding hydrogens is 292 g/mol. The zero-order valence-corrected chi connectivity index (χ0v) is 13.5. The first-order valence-corrected chi connectivity index (χ1v) is 8.33. The van der Waals surface area contributed by atoms with Gasteiger partial charge < -0.3 is 11.1 Å². The molecule has 2 aromatic rings. The minimum Gasteiger partial charge on any atom is -0.352 e. The van der Waals surface area contributed by atoms with Gasteiger partial charge in [-0.15, -0.1) is 0 Å². The third kappa shape index (κ3) is 3.17. The molecule has 1 aromatic heterocycles. The highest BCUT2D eigenvalue weighted by Crippen LogP contribution is 2.17. The zero-order chi connectivity index (χ0) is 16.4. The van der Waals surface area contributed by atoms with Crippen molar-refractivity contribution in [1.29, 1.82) is 0 Å². The molecule has 1 amide bonds. The van der Waals surface area contributed by atoms with E-state index in [-0.39, 0.29) is 30.2 Å². The molecule has 3 rings (SSSR count). The number of aromatic nitrogens is 2. The molecule has 1 aromatic carbocycles. The van der Waals surface area contributed by atoms with Crippen molar-refractivity contribution in [3.63, 3.8) is 0 Å². The molecule has 0 atom stereocenters. The second-order valence-corrected chi connectivity index (χ2v) is 6.28. The molecule has 6 heteroatoms. The van der Waals surface area contributed by atoms with E-state index in [1.165, 1.54) is 0 Å². The van der Waals surface area contributed by atoms with E-state index in [1.807, 2.05) is 31.2 Å². The number of nitrogens with two attached hydrogens (primary N) is 1. The van der Waals surface area contributed by atoms with Gasteiger partial charge in [0.2, 0.25) is 5.91 Å². The van der Waals surface area contributed by atoms with Gasteiger partial charge in [-0.25, -0.2) is 4.79 Å². The molecule has 0 aliphatic heterocycles. The molecule has 124 valence electrons. The largest absolute Gasteiger partial charge is 0.352 e. The van der Waals surface area contributed by atoms with E-state index in [0.717, 1.165) is 36.7 Å². The number of hydrogen-bond acceptors (Lipinski definition) is 3. The number of rotatable bonds is 4. The van der Waals surface area contributed by atoms with Gasteiger partial charge in [-0.1, -0.05) is 12.1 Å². The molecule has 0 radical (unpaired) electrons. The molecule has 1 saturated carbocycles. The average Bonchev–Trinajstić information content (AvgIpc) is 2.81. The Kier molecular flexibility index (Phi) is 4.52. The van der Waals surface area contributed by atoms with Crippen LogP contribution in [0.2, 0.25) is 0 Å². The van der Waals surface area contributed by atoms with Crippen LogP contribution in [0, 0.1) is 0 Å². The number of aryl methyl sites for hydroxylation is 1. The summed E-state index contributed by atoms with van der Waals surface area (Å²) in [5, 5.41) is 3.04. The molecule has 1 aliphatic carbocycles. The summed E-state index contributed by atoms with van der Waals surface area (Å²) in [5.41, 5.74) is 7.44. The van der Waals surface area contributed by atoms with Gasteiger partial charge in [0.15, 0.2) is 0 Å². The van der Waals surface area contributed by atoms with E-state index in [4.69, 9.17) is 5.73 Å². The fourth-order valence-electron chi connectivity index (χ4n) is 3.41. The highest BCUT2D eigenvalue weighted by atomic mass is 16.2. The molecular formula is C17H24N4O2. The Morgan fingerprint density at radius 3 is 2.39 bits per heavy atom. The number of nitrogens with one attached hydrogen (secondary N) is 1. The summed E-state index contributed by atoms with van der Waals surface area (Å²) in [7, 11) is 0. The molecule has 0 saturated heterocycles. The number of carbonyl (C=O) groups is 1. The lowest BCUT2D eigenvalue weighted by Crippen LogP contribution is -2.42. The van der Waals surface area contributed by atoms with Crippen LogP contribution in [0.3, 0.4) is 0 Å². The Hall–Kier alpha value is -2.08. The van der Waals surface area contributed by atoms with Crippen molar-refractivity contribution in [2.75, 3.05) is 0 Å². The lowest BCUT2D eigenvalue weighted by molar-refractivity contribution is -0.122. The molecule has 6 nitrogen and oxygen atoms in total. The number of amides is 1. The van der Waals surface area contributed by atoms with Gasteiger partial charge >= 0.3 is 5.69 Å². The summed E-state index contributed by atoms with van der Waals surface area (Å²) in [6.07, 6.45) is 3.72. The van der Waals surface area contributed by atoms with Crippen LogP contribution in [0.25, 0.3) is 11.0 Å². The van der Waals surface area contributed by atoms with Crippen LogP contribution >= 0.6 is 0 Å². The fourth-order valence-corrected chi connectivity index (χ4v) is 3.41. The van der Waals surface area contributed by atoms with E-state index in [9.17, 15) is 9.59 Å². The van der Waals surface area contributed by atoms with Crippen LogP contribution in [0.4, 0.5) is 0 Å². The second-order valence-electron chi connectivity index (χ2n) is 6.28. The van der Waals surface area contributed by atoms with Gasteiger partial charge in [0, 0.05) is 18.6 Å². The number of nitrogens with zero attached hydrogens (tertiary/aromatic N) is 2. The Labute approximate surface area is 135 Å². The van der Waals surface area contributed by atoms with E-state index in [2.05, 4.69) is 5.32 Å². The van der Waals surface area contributed by atoms with Crippen molar-refractivity contribution >= 4 is 16.9 Å². The van der Waals surface area contributed by atoms with Gasteiger partial charge in [0.25, 0.3) is 0 Å². The molecule has 1 heterocycles. The monoisotopic (exact) mass is 316 g/mol. The third-order valence-corrected chi connectivity index (χ3v) is 4.68. The van der Waals surface area contributed by atoms with Gasteiger partial charge in [0.05, 0.1) is 11.0 Å². The van der Waals surface area contributed by atoms with Crippen LogP contribution in [0.15, 0.2) is 29.1 Å². The summed E-state index contributed by atoms with van der Waals surface area (Å²) >= 11 is 0. The molecule has 0 bridgehead atoms. The number of carbonyl (C=O) groups excluding carboxylic acids is 1. The Morgan fingerprint density at radius 2 is 1.78 bits per heavy atom. The van der Waals surface area contributed by atoms with Crippen LogP contribution < -0.4 is 16.7 Å². The predicted molar refractivity (Wildman–Crippen MR) is 90.2 cm³/mol. The molecule has 3 N–H and O–H groups in total. The summed E-state index contributed by atoms with van der Waals surface area (Å²) in [4.78, 5) is 24.9. The maximum absolute atomic E-state index is 12.5. The number of para-hydroxylation sites is 2. The molecule has 23 heavy (non-hydrogen) atoms. The van der Waals surface area contributed by atoms with Gasteiger partial charge in [-0.3, -0.25) is 13.9 Å². The van der Waals surface area contributed by atoms with Crippen molar-refractivity contribution in [3.05, 3.63) is 34.7 Å². The predicted octanol–water partition coefficient (Wildman–Crippen LogP) is 1.21. The van der Waals surface area contributed by atoms with Crippen molar-refractivity contribution in [1.82, 2.24) is 14.5 Å². The highest BCUT2D eigenvalue weighted by Gasteiger charge is 2.21. The van der Waals surface area contributed by atoms with Gasteiger partial charge in [-0.05, 0) is 44.7 Å². The zero-order valence-electron chi connectivity index (χ0n) is 13.5. The first-order valence-electron chi connectivity index (χ1n) is 8.33. The van der Waals surface area contributed by atoms with E-state index < -0.39 is 0 Å². The Balaban J connectivity index is 1.77. The lowest BCUT2D eigenvalue weighted by Gasteiger charge is -2.26. The van der Waals surface area contributed by atoms with Crippen LogP contribution in [0.1, 0.15) is 32.6 Å². The van der Waals surface area contributed by atoms with Crippen molar-refractivity contribution in [3.8, 4) is 0 Å². The van der Waals surface area contributed by atoms with Crippen molar-refractivity contribution < 1.29 is 4.79 Å². The summed E-state index contributed by atoms with van der Waals surface area (Å²) in [5.74, 6) is -0.105. The lowest BCUT2D eigenvalue weighted by atomic mass is 9.92. The molecule has 0 unspecified atom stereocenters. The normalized spacial score (nSPS) is 21.5. The Morgan fingerprint density at radius 1 is 1.17 bits per heavy atom. The minimum atomic E-state index is -0.130. The number of imidazole rings is 1. The summed E-state index contributed by atoms with van der Waals surface area (Å²) in [6, 6.07) is 8.03. The smallest absolute Gasteiger partial charge is 0.329 e. The van der Waals surface area contributed by atoms with Crippen LogP contribution in [-0.2, 0) is 17.9 Å².